The number of amides is 2. The summed E-state index contributed by atoms with van der Waals surface area (Å²) >= 11 is 3.12. The second-order valence-corrected chi connectivity index (χ2v) is 7.83. The molecule has 2 N–H and O–H groups in total. The van der Waals surface area contributed by atoms with Crippen molar-refractivity contribution >= 4 is 40.2 Å². The van der Waals surface area contributed by atoms with E-state index in [0.717, 1.165) is 10.6 Å². The molecule has 0 bridgehead atoms. The lowest BCUT2D eigenvalue weighted by molar-refractivity contribution is -0.115. The number of benzene rings is 1. The van der Waals surface area contributed by atoms with Crippen molar-refractivity contribution < 1.29 is 14.0 Å². The minimum Gasteiger partial charge on any atom is -0.467 e. The smallest absolute Gasteiger partial charge is 0.253 e. The molecule has 0 radical (unpaired) electrons. The van der Waals surface area contributed by atoms with Gasteiger partial charge in [0.05, 0.1) is 36.2 Å². The molecule has 0 aliphatic heterocycles. The van der Waals surface area contributed by atoms with E-state index in [0.29, 0.717) is 22.7 Å². The average molecular weight is 424 g/mol. The van der Waals surface area contributed by atoms with Gasteiger partial charge in [-0.3, -0.25) is 9.59 Å². The monoisotopic (exact) mass is 423 g/mol. The molecule has 146 valence electrons. The molecule has 1 aromatic carbocycles. The minimum absolute atomic E-state index is 0.142. The Hall–Kier alpha value is -3.23. The van der Waals surface area contributed by atoms with E-state index < -0.39 is 0 Å². The molecule has 3 heterocycles. The van der Waals surface area contributed by atoms with Gasteiger partial charge in [-0.05, 0) is 35.7 Å². The first-order chi connectivity index (χ1) is 14.2. The molecule has 3 aromatic heterocycles. The Bertz CT molecular complexity index is 1100. The molecule has 8 heteroatoms. The zero-order valence-corrected chi connectivity index (χ0v) is 16.9. The van der Waals surface area contributed by atoms with Crippen LogP contribution in [0.5, 0.6) is 0 Å². The molecular weight excluding hydrogens is 406 g/mol. The number of furan rings is 1. The summed E-state index contributed by atoms with van der Waals surface area (Å²) in [4.78, 5) is 29.6. The zero-order valence-electron chi connectivity index (χ0n) is 15.3. The van der Waals surface area contributed by atoms with Gasteiger partial charge in [0.1, 0.15) is 10.8 Å². The minimum atomic E-state index is -0.286. The van der Waals surface area contributed by atoms with Crippen molar-refractivity contribution in [3.63, 3.8) is 0 Å². The van der Waals surface area contributed by atoms with Crippen LogP contribution in [0.15, 0.2) is 69.3 Å². The van der Waals surface area contributed by atoms with Crippen LogP contribution < -0.4 is 10.6 Å². The Kier molecular flexibility index (Phi) is 5.83. The molecule has 0 fully saturated rings. The molecule has 0 unspecified atom stereocenters. The molecule has 2 amide bonds. The highest BCUT2D eigenvalue weighted by molar-refractivity contribution is 7.14. The van der Waals surface area contributed by atoms with Crippen molar-refractivity contribution in [1.29, 1.82) is 0 Å². The average Bonchev–Trinajstić information content (AvgIpc) is 3.48. The Labute approximate surface area is 175 Å². The number of carbonyl (C=O) groups is 2. The third kappa shape index (κ3) is 4.79. The molecule has 0 atom stereocenters. The van der Waals surface area contributed by atoms with Crippen LogP contribution in [-0.2, 0) is 17.8 Å². The number of hydrogen-bond acceptors (Lipinski definition) is 6. The van der Waals surface area contributed by atoms with Gasteiger partial charge < -0.3 is 15.1 Å². The molecule has 0 spiro atoms. The Morgan fingerprint density at radius 3 is 2.76 bits per heavy atom. The number of thiophene rings is 1. The van der Waals surface area contributed by atoms with Crippen LogP contribution >= 0.6 is 22.7 Å². The number of para-hydroxylation sites is 1. The predicted octanol–water partition coefficient (Wildman–Crippen LogP) is 4.58. The lowest BCUT2D eigenvalue weighted by Gasteiger charge is -2.10. The summed E-state index contributed by atoms with van der Waals surface area (Å²) in [6, 6.07) is 12.5. The first kappa shape index (κ1) is 19.1. The van der Waals surface area contributed by atoms with Gasteiger partial charge >= 0.3 is 0 Å². The third-order valence-electron chi connectivity index (χ3n) is 4.11. The Balaban J connectivity index is 1.40. The van der Waals surface area contributed by atoms with E-state index in [2.05, 4.69) is 15.6 Å². The van der Waals surface area contributed by atoms with Crippen molar-refractivity contribution in [1.82, 2.24) is 10.3 Å². The number of thiazole rings is 1. The summed E-state index contributed by atoms with van der Waals surface area (Å²) in [5, 5.41) is 12.4. The molecular formula is C21H17N3O3S2. The van der Waals surface area contributed by atoms with E-state index >= 15 is 0 Å². The van der Waals surface area contributed by atoms with E-state index in [1.165, 1.54) is 11.3 Å². The fourth-order valence-electron chi connectivity index (χ4n) is 2.73. The Morgan fingerprint density at radius 1 is 1.07 bits per heavy atom. The molecule has 0 saturated carbocycles. The van der Waals surface area contributed by atoms with Crippen LogP contribution in [0.4, 0.5) is 5.69 Å². The number of rotatable bonds is 7. The number of nitrogens with zero attached hydrogens (tertiary/aromatic N) is 1. The highest BCUT2D eigenvalue weighted by Crippen LogP contribution is 2.26. The van der Waals surface area contributed by atoms with E-state index in [4.69, 9.17) is 4.42 Å². The third-order valence-corrected chi connectivity index (χ3v) is 5.73. The van der Waals surface area contributed by atoms with Crippen molar-refractivity contribution in [2.45, 2.75) is 13.0 Å². The molecule has 4 rings (SSSR count). The van der Waals surface area contributed by atoms with E-state index in [9.17, 15) is 9.59 Å². The molecule has 29 heavy (non-hydrogen) atoms. The van der Waals surface area contributed by atoms with Gasteiger partial charge in [-0.15, -0.1) is 11.3 Å². The maximum absolute atomic E-state index is 12.5. The van der Waals surface area contributed by atoms with Crippen LogP contribution in [0.1, 0.15) is 21.8 Å². The van der Waals surface area contributed by atoms with Gasteiger partial charge in [0, 0.05) is 16.3 Å². The first-order valence-electron chi connectivity index (χ1n) is 8.85. The highest BCUT2D eigenvalue weighted by atomic mass is 32.1. The van der Waals surface area contributed by atoms with Gasteiger partial charge in [0.25, 0.3) is 5.91 Å². The highest BCUT2D eigenvalue weighted by Gasteiger charge is 2.15. The normalized spacial score (nSPS) is 10.6. The first-order valence-corrected chi connectivity index (χ1v) is 10.7. The number of nitrogens with one attached hydrogen (secondary N) is 2. The number of aromatic nitrogens is 1. The summed E-state index contributed by atoms with van der Waals surface area (Å²) in [7, 11) is 0. The number of hydrogen-bond donors (Lipinski definition) is 2. The van der Waals surface area contributed by atoms with Crippen molar-refractivity contribution in [2.75, 3.05) is 5.32 Å². The van der Waals surface area contributed by atoms with Crippen LogP contribution in [0.2, 0.25) is 0 Å². The van der Waals surface area contributed by atoms with Crippen molar-refractivity contribution in [3.05, 3.63) is 81.9 Å². The maximum atomic E-state index is 12.5. The van der Waals surface area contributed by atoms with Crippen LogP contribution in [0.25, 0.3) is 10.6 Å². The maximum Gasteiger partial charge on any atom is 0.253 e. The molecule has 4 aromatic rings. The number of carbonyl (C=O) groups excluding carboxylic acids is 2. The fraction of sp³-hybridized carbons (Fsp3) is 0.0952. The standard InChI is InChI=1S/C21H17N3O3S2/c25-19(10-15-13-29-21(23-15)14-7-9-28-12-14)24-18-6-2-1-5-17(18)20(26)22-11-16-4-3-8-27-16/h1-9,12-13H,10-11H2,(H,22,26)(H,24,25). The summed E-state index contributed by atoms with van der Waals surface area (Å²) in [6.45, 7) is 0.276. The summed E-state index contributed by atoms with van der Waals surface area (Å²) in [5.41, 5.74) is 2.62. The SMILES string of the molecule is O=C(Cc1csc(-c2ccsc2)n1)Nc1ccccc1C(=O)NCc1ccco1. The largest absolute Gasteiger partial charge is 0.467 e. The quantitative estimate of drug-likeness (QED) is 0.456. The van der Waals surface area contributed by atoms with Gasteiger partial charge in [-0.25, -0.2) is 4.98 Å². The lowest BCUT2D eigenvalue weighted by atomic mass is 10.1. The second kappa shape index (κ2) is 8.85. The van der Waals surface area contributed by atoms with Gasteiger partial charge in [0.15, 0.2) is 0 Å². The molecule has 6 nitrogen and oxygen atoms in total. The van der Waals surface area contributed by atoms with Crippen LogP contribution in [0.3, 0.4) is 0 Å². The topological polar surface area (TPSA) is 84.2 Å². The van der Waals surface area contributed by atoms with Crippen molar-refractivity contribution in [3.8, 4) is 10.6 Å². The molecule has 0 aliphatic carbocycles. The summed E-state index contributed by atoms with van der Waals surface area (Å²) in [5.74, 6) is 0.147. The van der Waals surface area contributed by atoms with Crippen LogP contribution in [0, 0.1) is 0 Å². The van der Waals surface area contributed by atoms with Gasteiger partial charge in [-0.1, -0.05) is 12.1 Å². The lowest BCUT2D eigenvalue weighted by Crippen LogP contribution is -2.25. The summed E-state index contributed by atoms with van der Waals surface area (Å²) in [6.07, 6.45) is 1.70. The predicted molar refractivity (Wildman–Crippen MR) is 114 cm³/mol. The second-order valence-electron chi connectivity index (χ2n) is 6.19. The van der Waals surface area contributed by atoms with Gasteiger partial charge in [-0.2, -0.15) is 11.3 Å². The van der Waals surface area contributed by atoms with E-state index in [1.54, 1.807) is 54.0 Å². The van der Waals surface area contributed by atoms with Crippen LogP contribution in [-0.4, -0.2) is 16.8 Å². The zero-order chi connectivity index (χ0) is 20.1. The summed E-state index contributed by atoms with van der Waals surface area (Å²) < 4.78 is 5.22. The fourth-order valence-corrected chi connectivity index (χ4v) is 4.26. The molecule has 0 saturated heterocycles. The van der Waals surface area contributed by atoms with E-state index in [-0.39, 0.29) is 24.8 Å². The van der Waals surface area contributed by atoms with Gasteiger partial charge in [0.2, 0.25) is 5.91 Å². The Morgan fingerprint density at radius 2 is 1.97 bits per heavy atom. The van der Waals surface area contributed by atoms with E-state index in [1.807, 2.05) is 22.2 Å². The molecule has 0 aliphatic rings. The van der Waals surface area contributed by atoms with Crippen molar-refractivity contribution in [2.24, 2.45) is 0 Å². The number of anilines is 1.